The fraction of sp³-hybridized carbons (Fsp3) is 0.136. The Morgan fingerprint density at radius 3 is 2.67 bits per heavy atom. The maximum absolute atomic E-state index is 14.4. The molecule has 0 aliphatic carbocycles. The normalized spacial score (nSPS) is 11.0. The van der Waals surface area contributed by atoms with Crippen LogP contribution in [0.2, 0.25) is 5.02 Å². The molecule has 0 saturated heterocycles. The van der Waals surface area contributed by atoms with Gasteiger partial charge in [-0.2, -0.15) is 0 Å². The number of hydrogen-bond donors (Lipinski definition) is 2. The molecule has 0 aliphatic rings. The molecule has 0 atom stereocenters. The summed E-state index contributed by atoms with van der Waals surface area (Å²) in [6, 6.07) is 13.1. The number of fused-ring (bicyclic) bond motifs is 1. The van der Waals surface area contributed by atoms with E-state index in [9.17, 15) is 9.18 Å². The van der Waals surface area contributed by atoms with Crippen LogP contribution in [0.15, 0.2) is 54.9 Å². The van der Waals surface area contributed by atoms with Crippen molar-refractivity contribution in [2.45, 2.75) is 13.5 Å². The predicted octanol–water partition coefficient (Wildman–Crippen LogP) is 5.01. The van der Waals surface area contributed by atoms with Crippen LogP contribution in [0.4, 0.5) is 10.2 Å². The lowest BCUT2D eigenvalue weighted by Gasteiger charge is -2.11. The summed E-state index contributed by atoms with van der Waals surface area (Å²) < 4.78 is 16.2. The van der Waals surface area contributed by atoms with Gasteiger partial charge in [0.1, 0.15) is 18.0 Å². The number of halogens is 2. The molecule has 0 bridgehead atoms. The van der Waals surface area contributed by atoms with Gasteiger partial charge in [-0.25, -0.2) is 19.2 Å². The third-order valence-corrected chi connectivity index (χ3v) is 5.23. The Balaban J connectivity index is 1.50. The Labute approximate surface area is 177 Å². The minimum atomic E-state index is -0.975. The summed E-state index contributed by atoms with van der Waals surface area (Å²) in [4.78, 5) is 19.5. The van der Waals surface area contributed by atoms with Crippen molar-refractivity contribution in [1.82, 2.24) is 14.5 Å². The van der Waals surface area contributed by atoms with Crippen LogP contribution >= 0.6 is 11.6 Å². The molecule has 2 N–H and O–H groups in total. The van der Waals surface area contributed by atoms with Crippen molar-refractivity contribution < 1.29 is 14.3 Å². The lowest BCUT2D eigenvalue weighted by atomic mass is 10.1. The summed E-state index contributed by atoms with van der Waals surface area (Å²) >= 11 is 6.20. The van der Waals surface area contributed by atoms with E-state index in [1.807, 2.05) is 17.6 Å². The Morgan fingerprint density at radius 1 is 1.17 bits per heavy atom. The second-order valence-electron chi connectivity index (χ2n) is 6.83. The van der Waals surface area contributed by atoms with E-state index in [-0.39, 0.29) is 11.4 Å². The van der Waals surface area contributed by atoms with Gasteiger partial charge in [0.15, 0.2) is 0 Å². The highest BCUT2D eigenvalue weighted by molar-refractivity contribution is 6.35. The van der Waals surface area contributed by atoms with Gasteiger partial charge in [0.25, 0.3) is 0 Å². The average Bonchev–Trinajstić information content (AvgIpc) is 3.08. The van der Waals surface area contributed by atoms with Crippen molar-refractivity contribution in [3.05, 3.63) is 77.0 Å². The fourth-order valence-corrected chi connectivity index (χ4v) is 3.62. The maximum atomic E-state index is 14.4. The Morgan fingerprint density at radius 2 is 1.93 bits per heavy atom. The summed E-state index contributed by atoms with van der Waals surface area (Å²) in [6.07, 6.45) is 1.44. The van der Waals surface area contributed by atoms with Crippen LogP contribution < -0.4 is 5.32 Å². The highest BCUT2D eigenvalue weighted by Crippen LogP contribution is 2.29. The SMILES string of the molecule is Cc1cc2c(Cl)ccc(F)c2n1CCNc1cc(-c2ccc(C(=O)O)cc2)ncn1. The highest BCUT2D eigenvalue weighted by Gasteiger charge is 2.13. The largest absolute Gasteiger partial charge is 0.478 e. The van der Waals surface area contributed by atoms with Gasteiger partial charge >= 0.3 is 5.97 Å². The van der Waals surface area contributed by atoms with Crippen LogP contribution in [0.3, 0.4) is 0 Å². The molecular weight excluding hydrogens is 407 g/mol. The van der Waals surface area contributed by atoms with Crippen LogP contribution in [0, 0.1) is 12.7 Å². The quantitative estimate of drug-likeness (QED) is 0.455. The lowest BCUT2D eigenvalue weighted by molar-refractivity contribution is 0.0697. The van der Waals surface area contributed by atoms with E-state index < -0.39 is 5.97 Å². The topological polar surface area (TPSA) is 80.0 Å². The van der Waals surface area contributed by atoms with Crippen molar-refractivity contribution in [1.29, 1.82) is 0 Å². The van der Waals surface area contributed by atoms with Crippen LogP contribution in [0.25, 0.3) is 22.2 Å². The second kappa shape index (κ2) is 8.12. The Kier molecular flexibility index (Phi) is 5.37. The number of rotatable bonds is 6. The van der Waals surface area contributed by atoms with Crippen LogP contribution in [0.1, 0.15) is 16.1 Å². The van der Waals surface area contributed by atoms with Crippen molar-refractivity contribution in [2.24, 2.45) is 0 Å². The second-order valence-corrected chi connectivity index (χ2v) is 7.23. The third-order valence-electron chi connectivity index (χ3n) is 4.90. The van der Waals surface area contributed by atoms with Crippen LogP contribution in [-0.4, -0.2) is 32.2 Å². The summed E-state index contributed by atoms with van der Waals surface area (Å²) in [7, 11) is 0. The van der Waals surface area contributed by atoms with E-state index in [1.165, 1.54) is 24.5 Å². The molecule has 152 valence electrons. The summed E-state index contributed by atoms with van der Waals surface area (Å²) in [5, 5.41) is 13.5. The molecule has 0 unspecified atom stereocenters. The molecule has 0 radical (unpaired) electrons. The summed E-state index contributed by atoms with van der Waals surface area (Å²) in [5.41, 5.74) is 3.08. The highest BCUT2D eigenvalue weighted by atomic mass is 35.5. The van der Waals surface area contributed by atoms with E-state index in [0.717, 1.165) is 11.3 Å². The number of carbonyl (C=O) groups is 1. The minimum Gasteiger partial charge on any atom is -0.478 e. The number of hydrogen-bond acceptors (Lipinski definition) is 4. The van der Waals surface area contributed by atoms with Crippen molar-refractivity contribution in [2.75, 3.05) is 11.9 Å². The minimum absolute atomic E-state index is 0.216. The van der Waals surface area contributed by atoms with Crippen molar-refractivity contribution in [3.63, 3.8) is 0 Å². The van der Waals surface area contributed by atoms with Gasteiger partial charge in [0, 0.05) is 35.8 Å². The number of benzene rings is 2. The van der Waals surface area contributed by atoms with Gasteiger partial charge < -0.3 is 15.0 Å². The van der Waals surface area contributed by atoms with E-state index in [0.29, 0.717) is 40.5 Å². The monoisotopic (exact) mass is 424 g/mol. The Bertz CT molecular complexity index is 1240. The molecule has 0 fully saturated rings. The molecule has 0 saturated carbocycles. The molecule has 2 aromatic heterocycles. The maximum Gasteiger partial charge on any atom is 0.335 e. The van der Waals surface area contributed by atoms with Gasteiger partial charge in [0.2, 0.25) is 0 Å². The van der Waals surface area contributed by atoms with Gasteiger partial charge in [-0.3, -0.25) is 0 Å². The molecule has 4 aromatic rings. The van der Waals surface area contributed by atoms with Crippen molar-refractivity contribution in [3.8, 4) is 11.3 Å². The van der Waals surface area contributed by atoms with Gasteiger partial charge in [0.05, 0.1) is 21.8 Å². The van der Waals surface area contributed by atoms with E-state index in [1.54, 1.807) is 24.3 Å². The molecule has 6 nitrogen and oxygen atoms in total. The molecule has 0 aliphatic heterocycles. The smallest absolute Gasteiger partial charge is 0.335 e. The molecular formula is C22H18ClFN4O2. The number of aryl methyl sites for hydroxylation is 1. The molecule has 4 rings (SSSR count). The number of nitrogens with zero attached hydrogens (tertiary/aromatic N) is 3. The number of carboxylic acids is 1. The first-order valence-electron chi connectivity index (χ1n) is 9.27. The number of carboxylic acid groups (broad SMARTS) is 1. The molecule has 0 spiro atoms. The van der Waals surface area contributed by atoms with Gasteiger partial charge in [-0.1, -0.05) is 23.7 Å². The zero-order valence-electron chi connectivity index (χ0n) is 16.1. The van der Waals surface area contributed by atoms with Crippen LogP contribution in [-0.2, 0) is 6.54 Å². The summed E-state index contributed by atoms with van der Waals surface area (Å²) in [6.45, 7) is 2.96. The first-order valence-corrected chi connectivity index (χ1v) is 9.65. The average molecular weight is 425 g/mol. The zero-order valence-corrected chi connectivity index (χ0v) is 16.8. The molecule has 2 aromatic carbocycles. The number of aromatic nitrogens is 3. The lowest BCUT2D eigenvalue weighted by Crippen LogP contribution is -2.12. The van der Waals surface area contributed by atoms with E-state index in [4.69, 9.17) is 16.7 Å². The van der Waals surface area contributed by atoms with E-state index >= 15 is 0 Å². The molecule has 0 amide bonds. The predicted molar refractivity (Wildman–Crippen MR) is 115 cm³/mol. The molecule has 30 heavy (non-hydrogen) atoms. The van der Waals surface area contributed by atoms with Crippen molar-refractivity contribution >= 4 is 34.3 Å². The van der Waals surface area contributed by atoms with Crippen LogP contribution in [0.5, 0.6) is 0 Å². The standard InChI is InChI=1S/C22H18ClFN4O2/c1-13-10-16-17(23)6-7-18(24)21(16)28(13)9-8-25-20-11-19(26-12-27-20)14-2-4-15(5-3-14)22(29)30/h2-7,10-12H,8-9H2,1H3,(H,29,30)(H,25,26,27). The fourth-order valence-electron chi connectivity index (χ4n) is 3.41. The first kappa shape index (κ1) is 19.8. The number of aromatic carboxylic acids is 1. The van der Waals surface area contributed by atoms with Gasteiger partial charge in [-0.05, 0) is 37.3 Å². The molecule has 2 heterocycles. The zero-order chi connectivity index (χ0) is 21.3. The number of nitrogens with one attached hydrogen (secondary N) is 1. The molecule has 8 heteroatoms. The number of anilines is 1. The third kappa shape index (κ3) is 3.84. The van der Waals surface area contributed by atoms with E-state index in [2.05, 4.69) is 15.3 Å². The first-order chi connectivity index (χ1) is 14.4. The Hall–Kier alpha value is -3.45. The summed E-state index contributed by atoms with van der Waals surface area (Å²) in [5.74, 6) is -0.663. The van der Waals surface area contributed by atoms with Gasteiger partial charge in [-0.15, -0.1) is 0 Å².